The van der Waals surface area contributed by atoms with Crippen molar-refractivity contribution < 1.29 is 5.21 Å². The zero-order valence-corrected chi connectivity index (χ0v) is 4.18. The summed E-state index contributed by atoms with van der Waals surface area (Å²) in [7, 11) is 0. The first kappa shape index (κ1) is 9.30. The number of hydrogen-bond donors (Lipinski definition) is 3. The van der Waals surface area contributed by atoms with Gasteiger partial charge in [0.05, 0.1) is 0 Å². The molecule has 3 nitrogen and oxygen atoms in total. The molecule has 3 heteroatoms. The number of hydrogen-bond acceptors (Lipinski definition) is 3. The predicted molar refractivity (Wildman–Crippen MR) is 25.3 cm³/mol. The molecule has 0 spiro atoms. The Morgan fingerprint density at radius 3 is 1.33 bits per heavy atom. The Kier molecular flexibility index (Phi) is 13.7. The fourth-order valence-electron chi connectivity index (χ4n) is 0. The Morgan fingerprint density at radius 2 is 1.33 bits per heavy atom. The second kappa shape index (κ2) is 8.86. The highest BCUT2D eigenvalue weighted by atomic mass is 16.4. The van der Waals surface area contributed by atoms with Gasteiger partial charge in [0.25, 0.3) is 0 Å². The largest absolute Gasteiger partial charge is 0.328 e. The van der Waals surface area contributed by atoms with Crippen molar-refractivity contribution in [2.45, 2.75) is 19.9 Å². The van der Waals surface area contributed by atoms with E-state index in [4.69, 9.17) is 10.9 Å². The van der Waals surface area contributed by atoms with E-state index < -0.39 is 0 Å². The fraction of sp³-hybridized carbons (Fsp3) is 1.00. The van der Waals surface area contributed by atoms with Crippen molar-refractivity contribution in [1.82, 2.24) is 0 Å². The van der Waals surface area contributed by atoms with Crippen LogP contribution in [0, 0.1) is 0 Å². The molecule has 0 aromatic rings. The van der Waals surface area contributed by atoms with E-state index in [0.717, 1.165) is 0 Å². The van der Waals surface area contributed by atoms with Gasteiger partial charge >= 0.3 is 0 Å². The van der Waals surface area contributed by atoms with Crippen LogP contribution in [0.15, 0.2) is 0 Å². The van der Waals surface area contributed by atoms with Gasteiger partial charge < -0.3 is 10.9 Å². The van der Waals surface area contributed by atoms with E-state index in [9.17, 15) is 0 Å². The highest BCUT2D eigenvalue weighted by Gasteiger charge is 1.67. The molecule has 0 aliphatic heterocycles. The van der Waals surface area contributed by atoms with E-state index >= 15 is 0 Å². The van der Waals surface area contributed by atoms with E-state index in [2.05, 4.69) is 5.90 Å². The minimum atomic E-state index is 0.333. The molecule has 0 amide bonds. The second-order valence-corrected chi connectivity index (χ2v) is 1.24. The molecular formula is C3H12N2O. The third-order valence-electron chi connectivity index (χ3n) is 0. The lowest BCUT2D eigenvalue weighted by Gasteiger charge is -1.81. The molecular weight excluding hydrogens is 80.0 g/mol. The average molecular weight is 92.1 g/mol. The Balaban J connectivity index is 0. The van der Waals surface area contributed by atoms with Gasteiger partial charge in [-0.15, -0.1) is 0 Å². The summed E-state index contributed by atoms with van der Waals surface area (Å²) in [4.78, 5) is 0. The maximum absolute atomic E-state index is 6.50. The summed E-state index contributed by atoms with van der Waals surface area (Å²) in [5.41, 5.74) is 5.11. The third kappa shape index (κ3) is 2230. The van der Waals surface area contributed by atoms with Gasteiger partial charge in [0.1, 0.15) is 0 Å². The van der Waals surface area contributed by atoms with Gasteiger partial charge in [0.2, 0.25) is 0 Å². The molecule has 0 aromatic heterocycles. The highest BCUT2D eigenvalue weighted by molar-refractivity contribution is 4.32. The van der Waals surface area contributed by atoms with Crippen LogP contribution in [-0.4, -0.2) is 11.2 Å². The number of nitrogens with two attached hydrogens (primary N) is 2. The molecule has 0 saturated carbocycles. The fourth-order valence-corrected chi connectivity index (χ4v) is 0. The third-order valence-corrected chi connectivity index (χ3v) is 0. The lowest BCUT2D eigenvalue weighted by molar-refractivity contribution is 0.311. The summed E-state index contributed by atoms with van der Waals surface area (Å²) >= 11 is 0. The molecule has 6 heavy (non-hydrogen) atoms. The van der Waals surface area contributed by atoms with E-state index in [-0.39, 0.29) is 0 Å². The zero-order chi connectivity index (χ0) is 5.58. The first-order valence-electron chi connectivity index (χ1n) is 1.75. The maximum Gasteiger partial charge on any atom is -0.00179 e. The first-order valence-corrected chi connectivity index (χ1v) is 1.75. The minimum absolute atomic E-state index is 0.333. The second-order valence-electron chi connectivity index (χ2n) is 1.24. The summed E-state index contributed by atoms with van der Waals surface area (Å²) in [6, 6.07) is 0.333. The molecule has 0 saturated heterocycles. The Bertz CT molecular complexity index is 13.5. The van der Waals surface area contributed by atoms with Crippen LogP contribution >= 0.6 is 0 Å². The average Bonchev–Trinajstić information content (AvgIpc) is 1.41. The van der Waals surface area contributed by atoms with Crippen LogP contribution < -0.4 is 11.6 Å². The van der Waals surface area contributed by atoms with Crippen LogP contribution in [0.3, 0.4) is 0 Å². The summed E-state index contributed by atoms with van der Waals surface area (Å²) < 4.78 is 0. The van der Waals surface area contributed by atoms with Crippen molar-refractivity contribution >= 4 is 0 Å². The van der Waals surface area contributed by atoms with Crippen molar-refractivity contribution in [2.75, 3.05) is 0 Å². The van der Waals surface area contributed by atoms with Crippen LogP contribution in [-0.2, 0) is 0 Å². The quantitative estimate of drug-likeness (QED) is 0.359. The van der Waals surface area contributed by atoms with E-state index in [1.54, 1.807) is 0 Å². The summed E-state index contributed by atoms with van der Waals surface area (Å²) in [6.45, 7) is 3.89. The molecule has 5 N–H and O–H groups in total. The van der Waals surface area contributed by atoms with Gasteiger partial charge in [0.15, 0.2) is 0 Å². The summed E-state index contributed by atoms with van der Waals surface area (Å²) in [6.07, 6.45) is 0. The van der Waals surface area contributed by atoms with Gasteiger partial charge in [0, 0.05) is 0 Å². The van der Waals surface area contributed by atoms with Crippen LogP contribution in [0.4, 0.5) is 0 Å². The lowest BCUT2D eigenvalue weighted by Crippen LogP contribution is -2.06. The zero-order valence-electron chi connectivity index (χ0n) is 4.18. The van der Waals surface area contributed by atoms with Gasteiger partial charge in [-0.3, -0.25) is 0 Å². The topological polar surface area (TPSA) is 72.3 Å². The molecule has 0 atom stereocenters. The van der Waals surface area contributed by atoms with Crippen LogP contribution in [0.1, 0.15) is 13.8 Å². The summed E-state index contributed by atoms with van der Waals surface area (Å²) in [5, 5.41) is 6.50. The predicted octanol–water partition coefficient (Wildman–Crippen LogP) is -0.312. The van der Waals surface area contributed by atoms with Gasteiger partial charge in [-0.05, 0) is 6.04 Å². The lowest BCUT2D eigenvalue weighted by atomic mass is 10.5. The van der Waals surface area contributed by atoms with Crippen molar-refractivity contribution in [2.24, 2.45) is 11.6 Å². The van der Waals surface area contributed by atoms with E-state index in [1.165, 1.54) is 0 Å². The molecule has 0 fully saturated rings. The Morgan fingerprint density at radius 1 is 1.33 bits per heavy atom. The minimum Gasteiger partial charge on any atom is -0.328 e. The standard InChI is InChI=1S/C3H9N.H3NO/c1-3(2)4;1-2/h3H,4H2,1-2H3;2H,1H2. The number of rotatable bonds is 0. The maximum atomic E-state index is 6.50. The smallest absolute Gasteiger partial charge is 0.00179 e. The molecule has 0 radical (unpaired) electrons. The molecule has 0 aliphatic rings. The Hall–Kier alpha value is -0.120. The van der Waals surface area contributed by atoms with Crippen molar-refractivity contribution in [3.8, 4) is 0 Å². The SMILES string of the molecule is CC(C)N.NO. The van der Waals surface area contributed by atoms with E-state index in [0.29, 0.717) is 6.04 Å². The Labute approximate surface area is 37.9 Å². The van der Waals surface area contributed by atoms with Gasteiger partial charge in [-0.25, -0.2) is 5.90 Å². The molecule has 0 bridgehead atoms. The van der Waals surface area contributed by atoms with Crippen LogP contribution in [0.2, 0.25) is 0 Å². The van der Waals surface area contributed by atoms with E-state index in [1.807, 2.05) is 13.8 Å². The van der Waals surface area contributed by atoms with Crippen LogP contribution in [0.25, 0.3) is 0 Å². The molecule has 0 heterocycles. The van der Waals surface area contributed by atoms with Crippen molar-refractivity contribution in [1.29, 1.82) is 0 Å². The monoisotopic (exact) mass is 92.1 g/mol. The molecule has 0 aromatic carbocycles. The molecule has 0 rings (SSSR count). The first-order chi connectivity index (χ1) is 2.73. The van der Waals surface area contributed by atoms with Crippen LogP contribution in [0.5, 0.6) is 0 Å². The highest BCUT2D eigenvalue weighted by Crippen LogP contribution is 1.58. The molecule has 0 unspecified atom stereocenters. The normalized spacial score (nSPS) is 7.00. The molecule has 40 valence electrons. The van der Waals surface area contributed by atoms with Gasteiger partial charge in [-0.2, -0.15) is 0 Å². The van der Waals surface area contributed by atoms with Crippen molar-refractivity contribution in [3.05, 3.63) is 0 Å². The summed E-state index contributed by atoms with van der Waals surface area (Å²) in [5.74, 6) is 3.50. The molecule has 0 aliphatic carbocycles. The van der Waals surface area contributed by atoms with Gasteiger partial charge in [-0.1, -0.05) is 13.8 Å². The van der Waals surface area contributed by atoms with Crippen molar-refractivity contribution in [3.63, 3.8) is 0 Å².